The van der Waals surface area contributed by atoms with Crippen LogP contribution in [0.15, 0.2) is 97.1 Å². The van der Waals surface area contributed by atoms with Gasteiger partial charge in [0.1, 0.15) is 17.2 Å². The number of rotatable bonds is 18. The first kappa shape index (κ1) is 57.5. The normalized spacial score (nSPS) is 21.1. The number of carbonyl (C=O) groups is 4. The maximum atomic E-state index is 13.8. The van der Waals surface area contributed by atoms with Crippen LogP contribution in [0.2, 0.25) is 0 Å². The van der Waals surface area contributed by atoms with Gasteiger partial charge in [-0.15, -0.1) is 0 Å². The molecule has 6 aromatic rings. The summed E-state index contributed by atoms with van der Waals surface area (Å²) in [6.45, 7) is 5.05. The van der Waals surface area contributed by atoms with Crippen molar-refractivity contribution >= 4 is 23.9 Å². The minimum Gasteiger partial charge on any atom is -0.497 e. The molecule has 0 saturated carbocycles. The lowest BCUT2D eigenvalue weighted by Crippen LogP contribution is -2.41. The minimum absolute atomic E-state index is 0.0416. The van der Waals surface area contributed by atoms with E-state index in [-0.39, 0.29) is 51.6 Å². The third kappa shape index (κ3) is 10.7. The molecule has 9 rings (SSSR count). The van der Waals surface area contributed by atoms with Gasteiger partial charge < -0.3 is 75.8 Å². The average molecular weight is 1130 g/mol. The van der Waals surface area contributed by atoms with Crippen molar-refractivity contribution in [2.24, 2.45) is 0 Å². The first-order valence-corrected chi connectivity index (χ1v) is 26.0. The van der Waals surface area contributed by atoms with Crippen LogP contribution >= 0.6 is 0 Å². The van der Waals surface area contributed by atoms with Crippen molar-refractivity contribution < 1.29 is 95.0 Å². The van der Waals surface area contributed by atoms with Gasteiger partial charge in [0.05, 0.1) is 75.8 Å². The second kappa shape index (κ2) is 24.3. The maximum Gasteiger partial charge on any atom is 0.303 e. The van der Waals surface area contributed by atoms with Crippen molar-refractivity contribution in [3.05, 3.63) is 142 Å². The Morgan fingerprint density at radius 3 is 1.04 bits per heavy atom. The van der Waals surface area contributed by atoms with Gasteiger partial charge in [0.15, 0.2) is 77.2 Å². The summed E-state index contributed by atoms with van der Waals surface area (Å²) in [6.07, 6.45) is -8.29. The zero-order valence-corrected chi connectivity index (χ0v) is 47.6. The van der Waals surface area contributed by atoms with Crippen LogP contribution in [0.3, 0.4) is 0 Å². The SMILES string of the molecule is COc1ccc([C@H]2Oc3c(cc([C@H]4c5cc([C@@H]6c7ccc(OC)c(OC)c7O[C@H](c7ccc(OC)cc7)[C@@H]6OC(C)=O)c(OC)c(OC)c5O[C@H](c5ccc(OC)cc5)[C@H]4OC(C)=O)c(OC)c3OC)[C@@H](OC(C)=O)[C@H]2OC(C)=O)cc1. The standard InChI is InChI=1S/C62H64O20/c1-30(63)76-56-44-29-42(52(72-10)61(75-13)55(44)82-50(62(56)79-33(4)66)36-18-24-39(69-7)25-19-36)47-43-28-41(51(71-9)60(74-12)54(43)81-49(59(47)78-32(3)65)35-16-22-38(68-6)23-17-35)46-40-26-27-45(70-8)57(73-11)53(40)80-48(58(46)77-31(2)64)34-14-20-37(67-5)21-15-34/h14-29,46-50,56,58-59,62H,1-13H3/t46-,47-,48+,49+,50+,56+,58+,59-,62-/m0/s1. The Morgan fingerprint density at radius 2 is 0.671 bits per heavy atom. The smallest absolute Gasteiger partial charge is 0.303 e. The van der Waals surface area contributed by atoms with E-state index >= 15 is 0 Å². The largest absolute Gasteiger partial charge is 0.497 e. The van der Waals surface area contributed by atoms with Crippen molar-refractivity contribution in [1.29, 1.82) is 0 Å². The molecule has 0 N–H and O–H groups in total. The molecule has 82 heavy (non-hydrogen) atoms. The van der Waals surface area contributed by atoms with Gasteiger partial charge in [-0.3, -0.25) is 19.2 Å². The predicted octanol–water partition coefficient (Wildman–Crippen LogP) is 9.83. The van der Waals surface area contributed by atoms with Crippen molar-refractivity contribution in [2.45, 2.75) is 82.3 Å². The van der Waals surface area contributed by atoms with Gasteiger partial charge in [-0.25, -0.2) is 0 Å². The Labute approximate surface area is 474 Å². The van der Waals surface area contributed by atoms with E-state index in [1.54, 1.807) is 98.1 Å². The molecule has 3 heterocycles. The fraction of sp³-hybridized carbons (Fsp3) is 0.355. The molecule has 0 spiro atoms. The average Bonchev–Trinajstić information content (AvgIpc) is 1.30. The summed E-state index contributed by atoms with van der Waals surface area (Å²) in [5, 5.41) is 0. The Morgan fingerprint density at radius 1 is 0.329 bits per heavy atom. The molecule has 0 saturated heterocycles. The Bertz CT molecular complexity index is 3340. The van der Waals surface area contributed by atoms with Crippen molar-refractivity contribution in [1.82, 2.24) is 0 Å². The van der Waals surface area contributed by atoms with E-state index < -0.39 is 78.4 Å². The minimum atomic E-state index is -1.36. The van der Waals surface area contributed by atoms with Crippen LogP contribution in [0, 0.1) is 0 Å². The number of hydrogen-bond donors (Lipinski definition) is 0. The summed E-state index contributed by atoms with van der Waals surface area (Å²) in [6, 6.07) is 28.1. The maximum absolute atomic E-state index is 13.8. The van der Waals surface area contributed by atoms with Crippen LogP contribution < -0.4 is 56.8 Å². The fourth-order valence-corrected chi connectivity index (χ4v) is 11.3. The monoisotopic (exact) mass is 1130 g/mol. The number of esters is 4. The number of benzene rings is 6. The van der Waals surface area contributed by atoms with Gasteiger partial charge >= 0.3 is 23.9 Å². The molecule has 20 heteroatoms. The summed E-state index contributed by atoms with van der Waals surface area (Å²) < 4.78 is 100. The number of ether oxygens (including phenoxy) is 16. The number of carbonyl (C=O) groups excluding carboxylic acids is 4. The lowest BCUT2D eigenvalue weighted by atomic mass is 9.74. The van der Waals surface area contributed by atoms with Crippen LogP contribution in [0.25, 0.3) is 0 Å². The van der Waals surface area contributed by atoms with Crippen molar-refractivity contribution in [2.75, 3.05) is 64.0 Å². The van der Waals surface area contributed by atoms with E-state index in [0.717, 1.165) is 0 Å². The van der Waals surface area contributed by atoms with Crippen LogP contribution in [-0.2, 0) is 38.1 Å². The topological polar surface area (TPSA) is 216 Å². The van der Waals surface area contributed by atoms with E-state index in [1.165, 1.54) is 84.6 Å². The fourth-order valence-electron chi connectivity index (χ4n) is 11.3. The highest BCUT2D eigenvalue weighted by atomic mass is 16.6. The molecular weight excluding hydrogens is 1060 g/mol. The Kier molecular flexibility index (Phi) is 17.0. The Hall–Kier alpha value is -9.20. The molecule has 20 nitrogen and oxygen atoms in total. The van der Waals surface area contributed by atoms with Gasteiger partial charge in [-0.05, 0) is 71.3 Å². The molecule has 0 unspecified atom stereocenters. The van der Waals surface area contributed by atoms with E-state index in [1.807, 2.05) is 6.07 Å². The summed E-state index contributed by atoms with van der Waals surface area (Å²) in [7, 11) is 13.4. The lowest BCUT2D eigenvalue weighted by Gasteiger charge is -2.43. The van der Waals surface area contributed by atoms with Gasteiger partial charge in [0.2, 0.25) is 17.2 Å². The van der Waals surface area contributed by atoms with Crippen LogP contribution in [0.5, 0.6) is 69.0 Å². The molecule has 432 valence electrons. The molecule has 0 bridgehead atoms. The van der Waals surface area contributed by atoms with Crippen LogP contribution in [0.4, 0.5) is 0 Å². The lowest BCUT2D eigenvalue weighted by molar-refractivity contribution is -0.178. The summed E-state index contributed by atoms with van der Waals surface area (Å²) in [5.41, 5.74) is 3.41. The number of methoxy groups -OCH3 is 9. The molecule has 0 aromatic heterocycles. The van der Waals surface area contributed by atoms with Crippen molar-refractivity contribution in [3.8, 4) is 69.0 Å². The predicted molar refractivity (Wildman–Crippen MR) is 293 cm³/mol. The summed E-state index contributed by atoms with van der Waals surface area (Å²) in [4.78, 5) is 54.0. The van der Waals surface area contributed by atoms with Crippen LogP contribution in [0.1, 0.15) is 108 Å². The van der Waals surface area contributed by atoms with Gasteiger partial charge in [0.25, 0.3) is 0 Å². The highest BCUT2D eigenvalue weighted by Gasteiger charge is 2.53. The summed E-state index contributed by atoms with van der Waals surface area (Å²) in [5.74, 6) is -1.66. The number of fused-ring (bicyclic) bond motifs is 3. The zero-order chi connectivity index (χ0) is 58.7. The van der Waals surface area contributed by atoms with E-state index in [4.69, 9.17) is 75.8 Å². The van der Waals surface area contributed by atoms with E-state index in [2.05, 4.69) is 0 Å². The van der Waals surface area contributed by atoms with E-state index in [9.17, 15) is 19.2 Å². The highest BCUT2D eigenvalue weighted by molar-refractivity contribution is 5.74. The highest BCUT2D eigenvalue weighted by Crippen LogP contribution is 2.63. The molecule has 9 atom stereocenters. The first-order valence-electron chi connectivity index (χ1n) is 26.0. The molecule has 0 aliphatic carbocycles. The zero-order valence-electron chi connectivity index (χ0n) is 47.6. The van der Waals surface area contributed by atoms with E-state index in [0.29, 0.717) is 61.9 Å². The quantitative estimate of drug-likeness (QED) is 0.0578. The second-order valence-corrected chi connectivity index (χ2v) is 19.3. The number of hydrogen-bond acceptors (Lipinski definition) is 20. The van der Waals surface area contributed by atoms with Gasteiger partial charge in [-0.1, -0.05) is 42.5 Å². The van der Waals surface area contributed by atoms with Crippen molar-refractivity contribution in [3.63, 3.8) is 0 Å². The summed E-state index contributed by atoms with van der Waals surface area (Å²) >= 11 is 0. The van der Waals surface area contributed by atoms with Gasteiger partial charge in [-0.2, -0.15) is 0 Å². The molecule has 6 aromatic carbocycles. The van der Waals surface area contributed by atoms with Crippen LogP contribution in [-0.4, -0.2) is 106 Å². The molecule has 0 amide bonds. The molecule has 3 aliphatic rings. The molecule has 0 fully saturated rings. The first-order chi connectivity index (χ1) is 39.6. The molecule has 0 radical (unpaired) electrons. The molecule has 3 aliphatic heterocycles. The third-order valence-electron chi connectivity index (χ3n) is 14.6. The van der Waals surface area contributed by atoms with Gasteiger partial charge in [0, 0.05) is 55.5 Å². The Balaban J connectivity index is 1.40. The molecular formula is C62H64O20. The second-order valence-electron chi connectivity index (χ2n) is 19.3. The third-order valence-corrected chi connectivity index (χ3v) is 14.6.